The molecule has 0 aliphatic heterocycles. The van der Waals surface area contributed by atoms with Crippen molar-refractivity contribution in [1.29, 1.82) is 0 Å². The van der Waals surface area contributed by atoms with Gasteiger partial charge in [0.2, 0.25) is 0 Å². The van der Waals surface area contributed by atoms with Crippen LogP contribution in [0.5, 0.6) is 0 Å². The van der Waals surface area contributed by atoms with Crippen LogP contribution in [0.1, 0.15) is 41.5 Å². The molecule has 3 nitrogen and oxygen atoms in total. The highest BCUT2D eigenvalue weighted by Gasteiger charge is 2.08. The average Bonchev–Trinajstić information content (AvgIpc) is 2.39. The van der Waals surface area contributed by atoms with Crippen LogP contribution in [0.2, 0.25) is 0 Å². The summed E-state index contributed by atoms with van der Waals surface area (Å²) in [5.41, 5.74) is 1.30. The summed E-state index contributed by atoms with van der Waals surface area (Å²) in [6.07, 6.45) is 4.17. The van der Waals surface area contributed by atoms with Crippen molar-refractivity contribution >= 4 is 0 Å². The maximum Gasteiger partial charge on any atom is 0.115 e. The van der Waals surface area contributed by atoms with Gasteiger partial charge >= 0.3 is 0 Å². The SMILES string of the molecule is C/C=C(\C=C(/C)[C@@H](C)NCC(C)C)OCC(C)N(C)C. The number of hydrogen-bond donors (Lipinski definition) is 1. The van der Waals surface area contributed by atoms with Crippen LogP contribution in [-0.2, 0) is 4.74 Å². The molecule has 20 heavy (non-hydrogen) atoms. The smallest absolute Gasteiger partial charge is 0.115 e. The number of allylic oxidation sites excluding steroid dienone is 2. The molecule has 2 atom stereocenters. The van der Waals surface area contributed by atoms with Crippen molar-refractivity contribution in [3.05, 3.63) is 23.5 Å². The molecule has 0 radical (unpaired) electrons. The van der Waals surface area contributed by atoms with Crippen molar-refractivity contribution in [3.63, 3.8) is 0 Å². The minimum absolute atomic E-state index is 0.377. The van der Waals surface area contributed by atoms with Crippen LogP contribution in [-0.4, -0.2) is 44.2 Å². The molecule has 0 rings (SSSR count). The molecule has 1 N–H and O–H groups in total. The van der Waals surface area contributed by atoms with E-state index in [1.54, 1.807) is 0 Å². The van der Waals surface area contributed by atoms with Gasteiger partial charge in [-0.2, -0.15) is 0 Å². The lowest BCUT2D eigenvalue weighted by molar-refractivity contribution is 0.146. The van der Waals surface area contributed by atoms with E-state index in [9.17, 15) is 0 Å². The Morgan fingerprint density at radius 2 is 1.80 bits per heavy atom. The van der Waals surface area contributed by atoms with Gasteiger partial charge in [0.25, 0.3) is 0 Å². The van der Waals surface area contributed by atoms with Crippen LogP contribution in [0, 0.1) is 5.92 Å². The van der Waals surface area contributed by atoms with Crippen molar-refractivity contribution in [2.45, 2.75) is 53.6 Å². The molecule has 0 saturated heterocycles. The van der Waals surface area contributed by atoms with E-state index in [0.717, 1.165) is 12.3 Å². The molecule has 0 spiro atoms. The first-order valence-electron chi connectivity index (χ1n) is 7.65. The zero-order valence-corrected chi connectivity index (χ0v) is 14.7. The van der Waals surface area contributed by atoms with E-state index in [1.807, 2.05) is 13.0 Å². The van der Waals surface area contributed by atoms with Gasteiger partial charge in [0.15, 0.2) is 0 Å². The Kier molecular flexibility index (Phi) is 9.60. The second-order valence-corrected chi connectivity index (χ2v) is 6.23. The summed E-state index contributed by atoms with van der Waals surface area (Å²) in [6, 6.07) is 0.789. The van der Waals surface area contributed by atoms with E-state index in [0.29, 0.717) is 24.6 Å². The maximum absolute atomic E-state index is 5.88. The Labute approximate surface area is 126 Å². The molecule has 118 valence electrons. The molecule has 1 unspecified atom stereocenters. The molecule has 0 aromatic rings. The Morgan fingerprint density at radius 3 is 2.25 bits per heavy atom. The standard InChI is InChI=1S/C17H34N2O/c1-9-17(20-12-15(5)19(7)8)10-14(4)16(6)18-11-13(2)3/h9-10,13,15-16,18H,11-12H2,1-8H3/b14-10+,17-9+/t15?,16-/m1/s1. The molecule has 0 saturated carbocycles. The number of nitrogens with zero attached hydrogens (tertiary/aromatic N) is 1. The summed E-state index contributed by atoms with van der Waals surface area (Å²) in [5.74, 6) is 1.62. The van der Waals surface area contributed by atoms with E-state index < -0.39 is 0 Å². The highest BCUT2D eigenvalue weighted by atomic mass is 16.5. The summed E-state index contributed by atoms with van der Waals surface area (Å²) in [6.45, 7) is 14.7. The first kappa shape index (κ1) is 19.2. The van der Waals surface area contributed by atoms with Gasteiger partial charge in [-0.15, -0.1) is 0 Å². The zero-order valence-electron chi connectivity index (χ0n) is 14.7. The quantitative estimate of drug-likeness (QED) is 0.518. The molecule has 0 aliphatic carbocycles. The zero-order chi connectivity index (χ0) is 15.7. The molecule has 0 bridgehead atoms. The predicted molar refractivity (Wildman–Crippen MR) is 88.9 cm³/mol. The Balaban J connectivity index is 4.41. The van der Waals surface area contributed by atoms with Gasteiger partial charge in [0.1, 0.15) is 12.4 Å². The first-order chi connectivity index (χ1) is 9.27. The first-order valence-corrected chi connectivity index (χ1v) is 7.65. The number of nitrogens with one attached hydrogen (secondary N) is 1. The Bertz CT molecular complexity index is 319. The van der Waals surface area contributed by atoms with E-state index >= 15 is 0 Å². The van der Waals surface area contributed by atoms with Crippen LogP contribution >= 0.6 is 0 Å². The second kappa shape index (κ2) is 10.0. The number of likely N-dealkylation sites (N-methyl/N-ethyl adjacent to an activating group) is 1. The third-order valence-electron chi connectivity index (χ3n) is 3.54. The van der Waals surface area contributed by atoms with E-state index in [4.69, 9.17) is 4.74 Å². The van der Waals surface area contributed by atoms with Gasteiger partial charge in [-0.3, -0.25) is 0 Å². The molecule has 0 aromatic heterocycles. The van der Waals surface area contributed by atoms with Crippen molar-refractivity contribution in [3.8, 4) is 0 Å². The molecule has 0 heterocycles. The Hall–Kier alpha value is -0.800. The molecule has 0 fully saturated rings. The second-order valence-electron chi connectivity index (χ2n) is 6.23. The Morgan fingerprint density at radius 1 is 1.20 bits per heavy atom. The van der Waals surface area contributed by atoms with E-state index in [-0.39, 0.29) is 0 Å². The molecule has 0 aliphatic rings. The monoisotopic (exact) mass is 282 g/mol. The summed E-state index contributed by atoms with van der Waals surface area (Å²) >= 11 is 0. The molecular weight excluding hydrogens is 248 g/mol. The lowest BCUT2D eigenvalue weighted by atomic mass is 10.1. The number of hydrogen-bond acceptors (Lipinski definition) is 3. The highest BCUT2D eigenvalue weighted by Crippen LogP contribution is 2.09. The molecular formula is C17H34N2O. The van der Waals surface area contributed by atoms with Crippen LogP contribution in [0.3, 0.4) is 0 Å². The summed E-state index contributed by atoms with van der Waals surface area (Å²) in [7, 11) is 4.14. The average molecular weight is 282 g/mol. The third-order valence-corrected chi connectivity index (χ3v) is 3.54. The number of ether oxygens (including phenoxy) is 1. The summed E-state index contributed by atoms with van der Waals surface area (Å²) < 4.78 is 5.88. The van der Waals surface area contributed by atoms with Gasteiger partial charge in [-0.1, -0.05) is 19.4 Å². The topological polar surface area (TPSA) is 24.5 Å². The van der Waals surface area contributed by atoms with Crippen molar-refractivity contribution in [1.82, 2.24) is 10.2 Å². The fraction of sp³-hybridized carbons (Fsp3) is 0.765. The largest absolute Gasteiger partial charge is 0.492 e. The van der Waals surface area contributed by atoms with Gasteiger partial charge < -0.3 is 15.0 Å². The molecule has 0 amide bonds. The van der Waals surface area contributed by atoms with E-state index in [1.165, 1.54) is 5.57 Å². The van der Waals surface area contributed by atoms with Crippen molar-refractivity contribution in [2.24, 2.45) is 5.92 Å². The normalized spacial score (nSPS) is 16.7. The van der Waals surface area contributed by atoms with Crippen molar-refractivity contribution < 1.29 is 4.74 Å². The molecule has 0 aromatic carbocycles. The van der Waals surface area contributed by atoms with Crippen LogP contribution < -0.4 is 5.32 Å². The minimum Gasteiger partial charge on any atom is -0.492 e. The van der Waals surface area contributed by atoms with Gasteiger partial charge in [-0.05, 0) is 66.4 Å². The lowest BCUT2D eigenvalue weighted by Crippen LogP contribution is -2.31. The minimum atomic E-state index is 0.377. The van der Waals surface area contributed by atoms with Crippen LogP contribution in [0.25, 0.3) is 0 Å². The summed E-state index contributed by atoms with van der Waals surface area (Å²) in [5, 5.41) is 3.54. The maximum atomic E-state index is 5.88. The predicted octanol–water partition coefficient (Wildman–Crippen LogP) is 3.44. The van der Waals surface area contributed by atoms with E-state index in [2.05, 4.69) is 65.0 Å². The van der Waals surface area contributed by atoms with Gasteiger partial charge in [0.05, 0.1) is 0 Å². The third kappa shape index (κ3) is 8.39. The number of rotatable bonds is 9. The fourth-order valence-corrected chi connectivity index (χ4v) is 1.50. The van der Waals surface area contributed by atoms with Crippen LogP contribution in [0.15, 0.2) is 23.5 Å². The van der Waals surface area contributed by atoms with Crippen LogP contribution in [0.4, 0.5) is 0 Å². The highest BCUT2D eigenvalue weighted by molar-refractivity contribution is 5.20. The summed E-state index contributed by atoms with van der Waals surface area (Å²) in [4.78, 5) is 2.16. The lowest BCUT2D eigenvalue weighted by Gasteiger charge is -2.21. The van der Waals surface area contributed by atoms with Gasteiger partial charge in [0, 0.05) is 12.1 Å². The van der Waals surface area contributed by atoms with Crippen molar-refractivity contribution in [2.75, 3.05) is 27.2 Å². The van der Waals surface area contributed by atoms with Gasteiger partial charge in [-0.25, -0.2) is 0 Å². The fourth-order valence-electron chi connectivity index (χ4n) is 1.50. The molecule has 3 heteroatoms.